The number of nitrogens with two attached hydrogens (primary N) is 1. The summed E-state index contributed by atoms with van der Waals surface area (Å²) in [7, 11) is 4.14. The van der Waals surface area contributed by atoms with Crippen LogP contribution in [-0.2, 0) is 11.3 Å². The van der Waals surface area contributed by atoms with E-state index in [1.807, 2.05) is 23.1 Å². The molecule has 6 nitrogen and oxygen atoms in total. The van der Waals surface area contributed by atoms with E-state index in [2.05, 4.69) is 60.7 Å². The third kappa shape index (κ3) is 5.46. The molecular formula is C28H32N4O2. The second-order valence-electron chi connectivity index (χ2n) is 9.07. The zero-order chi connectivity index (χ0) is 24.1. The molecule has 3 aromatic rings. The third-order valence-electron chi connectivity index (χ3n) is 6.17. The van der Waals surface area contributed by atoms with Crippen molar-refractivity contribution in [1.29, 1.82) is 0 Å². The molecular weight excluding hydrogens is 424 g/mol. The summed E-state index contributed by atoms with van der Waals surface area (Å²) in [5.74, 6) is -0.438. The highest BCUT2D eigenvalue weighted by molar-refractivity contribution is 5.99. The maximum absolute atomic E-state index is 13.5. The smallest absolute Gasteiger partial charge is 0.249 e. The molecule has 0 bridgehead atoms. The van der Waals surface area contributed by atoms with Gasteiger partial charge in [0.2, 0.25) is 11.8 Å². The Morgan fingerprint density at radius 2 is 1.79 bits per heavy atom. The van der Waals surface area contributed by atoms with Gasteiger partial charge in [0.1, 0.15) is 6.04 Å². The normalized spacial score (nSPS) is 16.4. The molecule has 3 N–H and O–H groups in total. The number of carbonyl (C=O) groups is 2. The van der Waals surface area contributed by atoms with Gasteiger partial charge in [-0.3, -0.25) is 9.59 Å². The fraction of sp³-hybridized carbons (Fsp3) is 0.286. The van der Waals surface area contributed by atoms with E-state index >= 15 is 0 Å². The van der Waals surface area contributed by atoms with Crippen LogP contribution in [0.1, 0.15) is 35.2 Å². The highest BCUT2D eigenvalue weighted by Gasteiger charge is 2.28. The maximum atomic E-state index is 13.5. The van der Waals surface area contributed by atoms with E-state index in [-0.39, 0.29) is 11.9 Å². The van der Waals surface area contributed by atoms with Crippen molar-refractivity contribution in [2.75, 3.05) is 30.9 Å². The average Bonchev–Trinajstić information content (AvgIpc) is 3.01. The van der Waals surface area contributed by atoms with Gasteiger partial charge in [0, 0.05) is 30.0 Å². The molecule has 0 aliphatic carbocycles. The number of hydrogen-bond acceptors (Lipinski definition) is 4. The summed E-state index contributed by atoms with van der Waals surface area (Å²) in [5, 5.41) is 3.32. The van der Waals surface area contributed by atoms with E-state index in [9.17, 15) is 9.59 Å². The Labute approximate surface area is 201 Å². The van der Waals surface area contributed by atoms with Crippen molar-refractivity contribution in [3.05, 3.63) is 83.9 Å². The number of amides is 2. The predicted molar refractivity (Wildman–Crippen MR) is 138 cm³/mol. The van der Waals surface area contributed by atoms with Crippen molar-refractivity contribution >= 4 is 23.2 Å². The van der Waals surface area contributed by atoms with E-state index < -0.39 is 5.91 Å². The van der Waals surface area contributed by atoms with Crippen LogP contribution in [0.25, 0.3) is 11.1 Å². The van der Waals surface area contributed by atoms with E-state index in [0.717, 1.165) is 42.7 Å². The van der Waals surface area contributed by atoms with E-state index in [0.29, 0.717) is 12.1 Å². The van der Waals surface area contributed by atoms with Crippen LogP contribution in [0.2, 0.25) is 0 Å². The third-order valence-corrected chi connectivity index (χ3v) is 6.17. The van der Waals surface area contributed by atoms with Gasteiger partial charge in [0.05, 0.1) is 0 Å². The van der Waals surface area contributed by atoms with Crippen LogP contribution >= 0.6 is 0 Å². The van der Waals surface area contributed by atoms with Crippen LogP contribution in [0.15, 0.2) is 72.8 Å². The first-order valence-electron chi connectivity index (χ1n) is 11.7. The second kappa shape index (κ2) is 10.5. The predicted octanol–water partition coefficient (Wildman–Crippen LogP) is 4.51. The van der Waals surface area contributed by atoms with Crippen molar-refractivity contribution in [2.45, 2.75) is 31.8 Å². The Kier molecular flexibility index (Phi) is 7.28. The summed E-state index contributed by atoms with van der Waals surface area (Å²) >= 11 is 0. The van der Waals surface area contributed by atoms with Crippen LogP contribution in [0.4, 0.5) is 11.4 Å². The lowest BCUT2D eigenvalue weighted by atomic mass is 9.99. The first kappa shape index (κ1) is 23.5. The summed E-state index contributed by atoms with van der Waals surface area (Å²) in [6.45, 7) is 1.56. The van der Waals surface area contributed by atoms with Crippen molar-refractivity contribution in [3.8, 4) is 11.1 Å². The topological polar surface area (TPSA) is 78.7 Å². The highest BCUT2D eigenvalue weighted by Crippen LogP contribution is 2.29. The maximum Gasteiger partial charge on any atom is 0.249 e. The summed E-state index contributed by atoms with van der Waals surface area (Å²) < 4.78 is 0. The molecule has 34 heavy (non-hydrogen) atoms. The van der Waals surface area contributed by atoms with Gasteiger partial charge in [-0.05, 0) is 80.4 Å². The van der Waals surface area contributed by atoms with Crippen molar-refractivity contribution in [2.24, 2.45) is 5.73 Å². The molecule has 2 amide bonds. The fourth-order valence-electron chi connectivity index (χ4n) is 4.50. The van der Waals surface area contributed by atoms with Gasteiger partial charge in [0.25, 0.3) is 0 Å². The Bertz CT molecular complexity index is 1160. The lowest BCUT2D eigenvalue weighted by Gasteiger charge is -2.26. The average molecular weight is 457 g/mol. The number of nitrogens with one attached hydrogen (secondary N) is 1. The zero-order valence-electron chi connectivity index (χ0n) is 19.8. The summed E-state index contributed by atoms with van der Waals surface area (Å²) in [4.78, 5) is 29.0. The second-order valence-corrected chi connectivity index (χ2v) is 9.07. The lowest BCUT2D eigenvalue weighted by molar-refractivity contribution is -0.119. The number of carbonyl (C=O) groups excluding carboxylic acids is 2. The van der Waals surface area contributed by atoms with E-state index in [1.54, 1.807) is 18.2 Å². The summed E-state index contributed by atoms with van der Waals surface area (Å²) in [6.07, 6.45) is 2.64. The number of rotatable bonds is 7. The molecule has 1 aliphatic heterocycles. The quantitative estimate of drug-likeness (QED) is 0.548. The monoisotopic (exact) mass is 456 g/mol. The van der Waals surface area contributed by atoms with Crippen molar-refractivity contribution < 1.29 is 9.59 Å². The van der Waals surface area contributed by atoms with Crippen LogP contribution in [-0.4, -0.2) is 43.4 Å². The molecule has 0 radical (unpaired) electrons. The number of primary amides is 1. The molecule has 1 heterocycles. The van der Waals surface area contributed by atoms with Gasteiger partial charge in [-0.2, -0.15) is 0 Å². The Morgan fingerprint density at radius 1 is 1.03 bits per heavy atom. The molecule has 0 saturated carbocycles. The Balaban J connectivity index is 1.54. The molecule has 3 aromatic carbocycles. The van der Waals surface area contributed by atoms with Gasteiger partial charge >= 0.3 is 0 Å². The number of anilines is 2. The Morgan fingerprint density at radius 3 is 2.53 bits per heavy atom. The molecule has 1 atom stereocenters. The minimum Gasteiger partial charge on any atom is -0.374 e. The van der Waals surface area contributed by atoms with Gasteiger partial charge in [-0.1, -0.05) is 42.5 Å². The largest absolute Gasteiger partial charge is 0.374 e. The highest BCUT2D eigenvalue weighted by atomic mass is 16.2. The Hall–Kier alpha value is -3.64. The van der Waals surface area contributed by atoms with Gasteiger partial charge < -0.3 is 20.9 Å². The molecule has 1 unspecified atom stereocenters. The van der Waals surface area contributed by atoms with Crippen LogP contribution in [0.3, 0.4) is 0 Å². The molecule has 176 valence electrons. The molecule has 6 heteroatoms. The van der Waals surface area contributed by atoms with Crippen molar-refractivity contribution in [3.63, 3.8) is 0 Å². The lowest BCUT2D eigenvalue weighted by Crippen LogP contribution is -2.41. The standard InChI is InChI=1S/C28H32N4O2/c1-31(2)19-22-8-3-4-11-25(22)20-13-15-24(16-14-20)32-17-6-5-12-26(28(32)34)30-23-10-7-9-21(18-23)27(29)33/h3-4,7-11,13-16,18,26,30H,5-6,12,17,19H2,1-2H3,(H2,29,33). The molecule has 0 spiro atoms. The summed E-state index contributed by atoms with van der Waals surface area (Å²) in [6, 6.07) is 23.3. The first-order valence-corrected chi connectivity index (χ1v) is 11.7. The van der Waals surface area contributed by atoms with E-state index in [1.165, 1.54) is 11.1 Å². The van der Waals surface area contributed by atoms with Crippen LogP contribution < -0.4 is 16.0 Å². The zero-order valence-corrected chi connectivity index (χ0v) is 19.8. The number of benzene rings is 3. The molecule has 0 aromatic heterocycles. The minimum atomic E-state index is -0.482. The van der Waals surface area contributed by atoms with Gasteiger partial charge in [-0.25, -0.2) is 0 Å². The van der Waals surface area contributed by atoms with Crippen LogP contribution in [0.5, 0.6) is 0 Å². The summed E-state index contributed by atoms with van der Waals surface area (Å²) in [5.41, 5.74) is 11.1. The molecule has 1 fully saturated rings. The minimum absolute atomic E-state index is 0.0442. The number of hydrogen-bond donors (Lipinski definition) is 2. The molecule has 1 saturated heterocycles. The first-order chi connectivity index (χ1) is 16.4. The molecule has 4 rings (SSSR count). The SMILES string of the molecule is CN(C)Cc1ccccc1-c1ccc(N2CCCCC(Nc3cccc(C(N)=O)c3)C2=O)cc1. The molecule has 1 aliphatic rings. The van der Waals surface area contributed by atoms with Gasteiger partial charge in [-0.15, -0.1) is 0 Å². The van der Waals surface area contributed by atoms with Crippen LogP contribution in [0, 0.1) is 0 Å². The fourth-order valence-corrected chi connectivity index (χ4v) is 4.50. The van der Waals surface area contributed by atoms with E-state index in [4.69, 9.17) is 5.73 Å². The number of nitrogens with zero attached hydrogens (tertiary/aromatic N) is 2. The van der Waals surface area contributed by atoms with Gasteiger partial charge in [0.15, 0.2) is 0 Å². The van der Waals surface area contributed by atoms with Crippen molar-refractivity contribution in [1.82, 2.24) is 4.90 Å².